The van der Waals surface area contributed by atoms with Crippen molar-refractivity contribution in [3.8, 4) is 5.75 Å². The number of halogens is 2. The molecule has 152 valence electrons. The van der Waals surface area contributed by atoms with Crippen LogP contribution in [0.2, 0.25) is 5.02 Å². The van der Waals surface area contributed by atoms with Crippen molar-refractivity contribution in [2.75, 3.05) is 31.6 Å². The Hall–Kier alpha value is -1.74. The van der Waals surface area contributed by atoms with Crippen LogP contribution < -0.4 is 20.3 Å². The van der Waals surface area contributed by atoms with Crippen molar-refractivity contribution in [2.24, 2.45) is 4.99 Å². The number of nitrogens with zero attached hydrogens (tertiary/aromatic N) is 3. The van der Waals surface area contributed by atoms with Gasteiger partial charge < -0.3 is 20.3 Å². The molecule has 0 amide bonds. The predicted molar refractivity (Wildman–Crippen MR) is 126 cm³/mol. The lowest BCUT2D eigenvalue weighted by Crippen LogP contribution is -2.44. The summed E-state index contributed by atoms with van der Waals surface area (Å²) in [6.45, 7) is 5.05. The molecule has 2 aromatic rings. The van der Waals surface area contributed by atoms with Crippen LogP contribution in [0.4, 0.5) is 5.82 Å². The van der Waals surface area contributed by atoms with Gasteiger partial charge in [0.05, 0.1) is 11.6 Å². The van der Waals surface area contributed by atoms with Crippen LogP contribution in [0, 0.1) is 0 Å². The topological polar surface area (TPSA) is 61.8 Å². The Morgan fingerprint density at radius 3 is 2.89 bits per heavy atom. The van der Waals surface area contributed by atoms with Crippen molar-refractivity contribution in [1.82, 2.24) is 15.6 Å². The second kappa shape index (κ2) is 11.3. The van der Waals surface area contributed by atoms with Gasteiger partial charge >= 0.3 is 0 Å². The summed E-state index contributed by atoms with van der Waals surface area (Å²) in [6.07, 6.45) is 2.78. The lowest BCUT2D eigenvalue weighted by molar-refractivity contribution is 0.336. The van der Waals surface area contributed by atoms with E-state index in [1.165, 1.54) is 0 Å². The number of anilines is 1. The largest absolute Gasteiger partial charge is 0.494 e. The molecule has 8 heteroatoms. The fraction of sp³-hybridized carbons (Fsp3) is 0.400. The molecular weight excluding hydrogens is 489 g/mol. The Bertz CT molecular complexity index is 789. The van der Waals surface area contributed by atoms with E-state index in [1.807, 2.05) is 37.3 Å². The summed E-state index contributed by atoms with van der Waals surface area (Å²) in [5.41, 5.74) is 1.11. The van der Waals surface area contributed by atoms with E-state index in [4.69, 9.17) is 16.3 Å². The molecule has 1 aromatic carbocycles. The molecule has 0 bridgehead atoms. The second-order valence-electron chi connectivity index (χ2n) is 6.35. The molecule has 0 saturated carbocycles. The van der Waals surface area contributed by atoms with E-state index >= 15 is 0 Å². The maximum atomic E-state index is 6.27. The fourth-order valence-electron chi connectivity index (χ4n) is 3.19. The molecule has 6 nitrogen and oxygen atoms in total. The van der Waals surface area contributed by atoms with Crippen molar-refractivity contribution >= 4 is 47.4 Å². The van der Waals surface area contributed by atoms with E-state index in [0.29, 0.717) is 18.2 Å². The Morgan fingerprint density at radius 2 is 2.14 bits per heavy atom. The molecular formula is C20H27ClIN5O. The van der Waals surface area contributed by atoms with E-state index in [-0.39, 0.29) is 30.0 Å². The molecule has 0 aliphatic carbocycles. The summed E-state index contributed by atoms with van der Waals surface area (Å²) in [5.74, 6) is 2.53. The van der Waals surface area contributed by atoms with Crippen LogP contribution in [0.1, 0.15) is 18.9 Å². The molecule has 1 saturated heterocycles. The van der Waals surface area contributed by atoms with Crippen LogP contribution in [0.25, 0.3) is 0 Å². The minimum absolute atomic E-state index is 0. The van der Waals surface area contributed by atoms with Gasteiger partial charge in [0, 0.05) is 44.5 Å². The van der Waals surface area contributed by atoms with Gasteiger partial charge in [-0.2, -0.15) is 0 Å². The van der Waals surface area contributed by atoms with E-state index < -0.39 is 0 Å². The van der Waals surface area contributed by atoms with Crippen LogP contribution in [0.15, 0.2) is 47.6 Å². The summed E-state index contributed by atoms with van der Waals surface area (Å²) in [4.78, 5) is 11.0. The van der Waals surface area contributed by atoms with Crippen LogP contribution in [0.3, 0.4) is 0 Å². The van der Waals surface area contributed by atoms with Gasteiger partial charge in [0.25, 0.3) is 0 Å². The molecule has 0 radical (unpaired) electrons. The number of nitrogens with one attached hydrogen (secondary N) is 2. The van der Waals surface area contributed by atoms with Gasteiger partial charge in [-0.3, -0.25) is 4.99 Å². The predicted octanol–water partition coefficient (Wildman–Crippen LogP) is 3.70. The van der Waals surface area contributed by atoms with E-state index in [9.17, 15) is 0 Å². The lowest BCUT2D eigenvalue weighted by Gasteiger charge is -2.20. The average molecular weight is 516 g/mol. The first-order chi connectivity index (χ1) is 13.2. The zero-order valence-electron chi connectivity index (χ0n) is 16.2. The summed E-state index contributed by atoms with van der Waals surface area (Å²) < 4.78 is 5.68. The number of guanidine groups is 1. The molecule has 2 heterocycles. The fourth-order valence-corrected chi connectivity index (χ4v) is 3.43. The number of hydrogen-bond donors (Lipinski definition) is 2. The summed E-state index contributed by atoms with van der Waals surface area (Å²) in [5, 5.41) is 7.56. The SMILES string of the molecule is CCOc1ccccc1CNC(=NC)NC1CCN(c2ncccc2Cl)C1.I. The highest BCUT2D eigenvalue weighted by Gasteiger charge is 2.25. The first-order valence-electron chi connectivity index (χ1n) is 9.24. The molecule has 1 aliphatic heterocycles. The normalized spacial score (nSPS) is 16.5. The van der Waals surface area contributed by atoms with Gasteiger partial charge in [-0.25, -0.2) is 4.98 Å². The second-order valence-corrected chi connectivity index (χ2v) is 6.76. The summed E-state index contributed by atoms with van der Waals surface area (Å²) in [7, 11) is 1.78. The summed E-state index contributed by atoms with van der Waals surface area (Å²) in [6, 6.07) is 12.1. The van der Waals surface area contributed by atoms with E-state index in [1.54, 1.807) is 13.2 Å². The minimum atomic E-state index is 0. The highest BCUT2D eigenvalue weighted by molar-refractivity contribution is 14.0. The molecule has 1 aliphatic rings. The quantitative estimate of drug-likeness (QED) is 0.349. The van der Waals surface area contributed by atoms with Gasteiger partial charge in [-0.1, -0.05) is 29.8 Å². The third-order valence-corrected chi connectivity index (χ3v) is 4.81. The van der Waals surface area contributed by atoms with Crippen molar-refractivity contribution in [2.45, 2.75) is 25.9 Å². The highest BCUT2D eigenvalue weighted by atomic mass is 127. The average Bonchev–Trinajstić information content (AvgIpc) is 3.15. The van der Waals surface area contributed by atoms with E-state index in [2.05, 4.69) is 31.6 Å². The first-order valence-corrected chi connectivity index (χ1v) is 9.62. The number of benzene rings is 1. The smallest absolute Gasteiger partial charge is 0.191 e. The maximum Gasteiger partial charge on any atom is 0.191 e. The standard InChI is InChI=1S/C20H26ClN5O.HI/c1-3-27-18-9-5-4-7-15(18)13-24-20(22-2)25-16-10-12-26(14-16)19-17(21)8-6-11-23-19;/h4-9,11,16H,3,10,12-14H2,1-2H3,(H2,22,24,25);1H. The van der Waals surface area contributed by atoms with Crippen molar-refractivity contribution in [3.05, 3.63) is 53.2 Å². The number of para-hydroxylation sites is 1. The van der Waals surface area contributed by atoms with Gasteiger partial charge in [0.15, 0.2) is 5.96 Å². The summed E-state index contributed by atoms with van der Waals surface area (Å²) >= 11 is 6.27. The number of hydrogen-bond acceptors (Lipinski definition) is 4. The number of rotatable bonds is 6. The monoisotopic (exact) mass is 515 g/mol. The van der Waals surface area contributed by atoms with Crippen LogP contribution in [-0.4, -0.2) is 43.7 Å². The molecule has 1 fully saturated rings. The highest BCUT2D eigenvalue weighted by Crippen LogP contribution is 2.25. The third-order valence-electron chi connectivity index (χ3n) is 4.51. The van der Waals surface area contributed by atoms with Crippen molar-refractivity contribution in [1.29, 1.82) is 0 Å². The van der Waals surface area contributed by atoms with Crippen LogP contribution in [-0.2, 0) is 6.54 Å². The van der Waals surface area contributed by atoms with Gasteiger partial charge in [0.2, 0.25) is 0 Å². The lowest BCUT2D eigenvalue weighted by atomic mass is 10.2. The number of aromatic nitrogens is 1. The van der Waals surface area contributed by atoms with Gasteiger partial charge in [-0.15, -0.1) is 24.0 Å². The molecule has 1 aromatic heterocycles. The zero-order chi connectivity index (χ0) is 19.1. The van der Waals surface area contributed by atoms with E-state index in [0.717, 1.165) is 42.6 Å². The Labute approximate surface area is 188 Å². The van der Waals surface area contributed by atoms with Crippen LogP contribution >= 0.6 is 35.6 Å². The number of ether oxygens (including phenoxy) is 1. The van der Waals surface area contributed by atoms with Crippen molar-refractivity contribution in [3.63, 3.8) is 0 Å². The number of pyridine rings is 1. The van der Waals surface area contributed by atoms with Gasteiger partial charge in [-0.05, 0) is 31.5 Å². The molecule has 2 N–H and O–H groups in total. The Morgan fingerprint density at radius 1 is 1.32 bits per heavy atom. The molecule has 1 atom stereocenters. The minimum Gasteiger partial charge on any atom is -0.494 e. The maximum absolute atomic E-state index is 6.27. The third kappa shape index (κ3) is 5.88. The number of aliphatic imine (C=N–C) groups is 1. The first kappa shape index (κ1) is 22.5. The molecule has 3 rings (SSSR count). The Kier molecular flexibility index (Phi) is 9.11. The Balaban J connectivity index is 0.00000280. The van der Waals surface area contributed by atoms with Crippen LogP contribution in [0.5, 0.6) is 5.75 Å². The van der Waals surface area contributed by atoms with Gasteiger partial charge in [0.1, 0.15) is 11.6 Å². The zero-order valence-corrected chi connectivity index (χ0v) is 19.3. The molecule has 1 unspecified atom stereocenters. The molecule has 28 heavy (non-hydrogen) atoms. The molecule has 0 spiro atoms. The van der Waals surface area contributed by atoms with Crippen molar-refractivity contribution < 1.29 is 4.74 Å².